The third-order valence-electron chi connectivity index (χ3n) is 6.29. The van der Waals surface area contributed by atoms with Gasteiger partial charge < -0.3 is 15.0 Å². The summed E-state index contributed by atoms with van der Waals surface area (Å²) in [6, 6.07) is 29.3. The Kier molecular flexibility index (Phi) is 6.70. The number of aromatic nitrogens is 2. The standard InChI is InChI=1S/C29H28N4O2/c1-21-8-5-6-12-26(21)27-17-18-28(32-31-27)33-19-7-9-22(20-33)29(34)30-23-13-15-25(16-14-23)35-24-10-3-2-4-11-24/h2-6,8,10-18,22H,7,9,19-20H2,1H3,(H,30,34). The molecule has 1 aliphatic rings. The second-order valence-corrected chi connectivity index (χ2v) is 8.81. The number of anilines is 2. The van der Waals surface area contributed by atoms with Gasteiger partial charge in [-0.05, 0) is 73.9 Å². The van der Waals surface area contributed by atoms with Crippen molar-refractivity contribution in [2.24, 2.45) is 5.92 Å². The van der Waals surface area contributed by atoms with Crippen molar-refractivity contribution >= 4 is 17.4 Å². The summed E-state index contributed by atoms with van der Waals surface area (Å²) < 4.78 is 5.83. The zero-order valence-electron chi connectivity index (χ0n) is 19.7. The molecule has 2 heterocycles. The molecule has 1 fully saturated rings. The van der Waals surface area contributed by atoms with E-state index in [9.17, 15) is 4.79 Å². The molecule has 176 valence electrons. The van der Waals surface area contributed by atoms with Gasteiger partial charge in [0.25, 0.3) is 0 Å². The summed E-state index contributed by atoms with van der Waals surface area (Å²) in [7, 11) is 0. The first-order valence-electron chi connectivity index (χ1n) is 11.9. The van der Waals surface area contributed by atoms with Crippen molar-refractivity contribution in [3.8, 4) is 22.8 Å². The molecular weight excluding hydrogens is 436 g/mol. The number of hydrogen-bond donors (Lipinski definition) is 1. The van der Waals surface area contributed by atoms with E-state index in [1.165, 1.54) is 5.56 Å². The van der Waals surface area contributed by atoms with Crippen LogP contribution in [0.1, 0.15) is 18.4 Å². The molecule has 1 aliphatic heterocycles. The number of hydrogen-bond acceptors (Lipinski definition) is 5. The van der Waals surface area contributed by atoms with Crippen molar-refractivity contribution in [3.63, 3.8) is 0 Å². The van der Waals surface area contributed by atoms with E-state index >= 15 is 0 Å². The van der Waals surface area contributed by atoms with Gasteiger partial charge in [0.1, 0.15) is 11.5 Å². The topological polar surface area (TPSA) is 67.4 Å². The molecule has 3 aromatic carbocycles. The minimum absolute atomic E-state index is 0.0240. The van der Waals surface area contributed by atoms with Crippen molar-refractivity contribution in [3.05, 3.63) is 96.6 Å². The first-order valence-corrected chi connectivity index (χ1v) is 11.9. The van der Waals surface area contributed by atoms with E-state index in [2.05, 4.69) is 39.5 Å². The van der Waals surface area contributed by atoms with E-state index in [0.29, 0.717) is 6.54 Å². The lowest BCUT2D eigenvalue weighted by atomic mass is 9.97. The highest BCUT2D eigenvalue weighted by Crippen LogP contribution is 2.27. The van der Waals surface area contributed by atoms with Crippen LogP contribution in [0.4, 0.5) is 11.5 Å². The third-order valence-corrected chi connectivity index (χ3v) is 6.29. The lowest BCUT2D eigenvalue weighted by molar-refractivity contribution is -0.120. The van der Waals surface area contributed by atoms with Crippen LogP contribution >= 0.6 is 0 Å². The average Bonchev–Trinajstić information content (AvgIpc) is 2.91. The molecular formula is C29H28N4O2. The fourth-order valence-corrected chi connectivity index (χ4v) is 4.37. The Morgan fingerprint density at radius 2 is 1.63 bits per heavy atom. The Morgan fingerprint density at radius 1 is 0.886 bits per heavy atom. The van der Waals surface area contributed by atoms with Crippen LogP contribution in [0, 0.1) is 12.8 Å². The summed E-state index contributed by atoms with van der Waals surface area (Å²) in [5.74, 6) is 2.23. The molecule has 1 amide bonds. The normalized spacial score (nSPS) is 15.5. The smallest absolute Gasteiger partial charge is 0.229 e. The summed E-state index contributed by atoms with van der Waals surface area (Å²) in [5, 5.41) is 12.0. The van der Waals surface area contributed by atoms with Crippen LogP contribution in [0.3, 0.4) is 0 Å². The number of aryl methyl sites for hydroxylation is 1. The number of nitrogens with one attached hydrogen (secondary N) is 1. The van der Waals surface area contributed by atoms with E-state index in [0.717, 1.165) is 53.6 Å². The second kappa shape index (κ2) is 10.4. The average molecular weight is 465 g/mol. The van der Waals surface area contributed by atoms with E-state index in [1.54, 1.807) is 0 Å². The lowest BCUT2D eigenvalue weighted by Crippen LogP contribution is -2.41. The number of rotatable bonds is 6. The molecule has 0 bridgehead atoms. The van der Waals surface area contributed by atoms with Gasteiger partial charge in [-0.3, -0.25) is 4.79 Å². The predicted molar refractivity (Wildman–Crippen MR) is 139 cm³/mol. The largest absolute Gasteiger partial charge is 0.457 e. The minimum Gasteiger partial charge on any atom is -0.457 e. The molecule has 1 atom stereocenters. The zero-order chi connectivity index (χ0) is 24.0. The molecule has 35 heavy (non-hydrogen) atoms. The van der Waals surface area contributed by atoms with Gasteiger partial charge in [-0.2, -0.15) is 0 Å². The Morgan fingerprint density at radius 3 is 2.37 bits per heavy atom. The predicted octanol–water partition coefficient (Wildman–Crippen LogP) is 6.10. The molecule has 0 radical (unpaired) electrons. The first-order chi connectivity index (χ1) is 17.2. The van der Waals surface area contributed by atoms with Crippen LogP contribution in [-0.4, -0.2) is 29.2 Å². The first kappa shape index (κ1) is 22.6. The van der Waals surface area contributed by atoms with E-state index in [-0.39, 0.29) is 11.8 Å². The molecule has 0 spiro atoms. The second-order valence-electron chi connectivity index (χ2n) is 8.81. The van der Waals surface area contributed by atoms with Crippen molar-refractivity contribution < 1.29 is 9.53 Å². The number of carbonyl (C=O) groups excluding carboxylic acids is 1. The minimum atomic E-state index is -0.109. The summed E-state index contributed by atoms with van der Waals surface area (Å²) in [5.41, 5.74) is 3.87. The number of benzene rings is 3. The Bertz CT molecular complexity index is 1270. The molecule has 0 saturated carbocycles. The van der Waals surface area contributed by atoms with Crippen LogP contribution in [0.15, 0.2) is 91.0 Å². The Labute approximate surface area is 205 Å². The van der Waals surface area contributed by atoms with E-state index in [4.69, 9.17) is 4.74 Å². The molecule has 5 rings (SSSR count). The number of amides is 1. The Balaban J connectivity index is 1.19. The quantitative estimate of drug-likeness (QED) is 0.373. The summed E-state index contributed by atoms with van der Waals surface area (Å²) in [4.78, 5) is 15.1. The third kappa shape index (κ3) is 5.49. The molecule has 6 heteroatoms. The van der Waals surface area contributed by atoms with Crippen LogP contribution in [0.2, 0.25) is 0 Å². The molecule has 1 N–H and O–H groups in total. The van der Waals surface area contributed by atoms with Gasteiger partial charge in [0.2, 0.25) is 5.91 Å². The van der Waals surface area contributed by atoms with Crippen molar-refractivity contribution in [2.75, 3.05) is 23.3 Å². The molecule has 6 nitrogen and oxygen atoms in total. The van der Waals surface area contributed by atoms with Crippen LogP contribution in [-0.2, 0) is 4.79 Å². The maximum absolute atomic E-state index is 13.0. The Hall–Kier alpha value is -4.19. The maximum Gasteiger partial charge on any atom is 0.229 e. The SMILES string of the molecule is Cc1ccccc1-c1ccc(N2CCCC(C(=O)Nc3ccc(Oc4ccccc4)cc3)C2)nn1. The van der Waals surface area contributed by atoms with Crippen LogP contribution in [0.25, 0.3) is 11.3 Å². The van der Waals surface area contributed by atoms with Crippen molar-refractivity contribution in [2.45, 2.75) is 19.8 Å². The maximum atomic E-state index is 13.0. The van der Waals surface area contributed by atoms with Gasteiger partial charge in [-0.25, -0.2) is 0 Å². The van der Waals surface area contributed by atoms with Gasteiger partial charge in [0.05, 0.1) is 11.6 Å². The van der Waals surface area contributed by atoms with Gasteiger partial charge in [0.15, 0.2) is 5.82 Å². The van der Waals surface area contributed by atoms with Crippen molar-refractivity contribution in [1.82, 2.24) is 10.2 Å². The highest BCUT2D eigenvalue weighted by Gasteiger charge is 2.27. The molecule has 0 aliphatic carbocycles. The van der Waals surface area contributed by atoms with Crippen LogP contribution in [0.5, 0.6) is 11.5 Å². The number of nitrogens with zero attached hydrogens (tertiary/aromatic N) is 3. The number of para-hydroxylation sites is 1. The van der Waals surface area contributed by atoms with E-state index < -0.39 is 0 Å². The molecule has 4 aromatic rings. The van der Waals surface area contributed by atoms with E-state index in [1.807, 2.05) is 78.9 Å². The van der Waals surface area contributed by atoms with Gasteiger partial charge in [0, 0.05) is 24.3 Å². The monoisotopic (exact) mass is 464 g/mol. The summed E-state index contributed by atoms with van der Waals surface area (Å²) in [6.07, 6.45) is 1.79. The number of piperidine rings is 1. The molecule has 1 saturated heterocycles. The zero-order valence-corrected chi connectivity index (χ0v) is 19.7. The fraction of sp³-hybridized carbons (Fsp3) is 0.207. The summed E-state index contributed by atoms with van der Waals surface area (Å²) in [6.45, 7) is 3.57. The highest BCUT2D eigenvalue weighted by atomic mass is 16.5. The summed E-state index contributed by atoms with van der Waals surface area (Å²) >= 11 is 0. The van der Waals surface area contributed by atoms with Crippen LogP contribution < -0.4 is 15.0 Å². The van der Waals surface area contributed by atoms with Crippen molar-refractivity contribution in [1.29, 1.82) is 0 Å². The highest BCUT2D eigenvalue weighted by molar-refractivity contribution is 5.93. The van der Waals surface area contributed by atoms with Gasteiger partial charge in [-0.15, -0.1) is 10.2 Å². The lowest BCUT2D eigenvalue weighted by Gasteiger charge is -2.32. The molecule has 1 aromatic heterocycles. The molecule has 1 unspecified atom stereocenters. The van der Waals surface area contributed by atoms with Gasteiger partial charge >= 0.3 is 0 Å². The fourth-order valence-electron chi connectivity index (χ4n) is 4.37. The number of carbonyl (C=O) groups is 1. The number of ether oxygens (including phenoxy) is 1. The van der Waals surface area contributed by atoms with Gasteiger partial charge in [-0.1, -0.05) is 42.5 Å².